The molecule has 9 nitrogen and oxygen atoms in total. The highest BCUT2D eigenvalue weighted by molar-refractivity contribution is 7.45. The SMILES string of the molecule is CCCCCCC/C=C\C/C=C\C/C=C\CCCCCCCCCCCCCCCCCCCCC(=O)OC(COC(=O)CCCCCCCCCCCCCC)COP(=O)([O-])OCC[N+](C)(C)C. The van der Waals surface area contributed by atoms with Crippen molar-refractivity contribution in [2.24, 2.45) is 0 Å². The van der Waals surface area contributed by atoms with E-state index in [2.05, 4.69) is 50.3 Å². The van der Waals surface area contributed by atoms with Crippen molar-refractivity contribution in [2.75, 3.05) is 47.5 Å². The number of quaternary nitrogens is 1. The van der Waals surface area contributed by atoms with Crippen LogP contribution in [0.3, 0.4) is 0 Å². The Hall–Kier alpha value is -1.77. The van der Waals surface area contributed by atoms with E-state index in [1.807, 2.05) is 21.1 Å². The number of hydrogen-bond donors (Lipinski definition) is 0. The average Bonchev–Trinajstić information content (AvgIpc) is 3.31. The average molecular weight is 995 g/mol. The van der Waals surface area contributed by atoms with Gasteiger partial charge in [0.25, 0.3) is 7.82 Å². The Morgan fingerprint density at radius 2 is 0.783 bits per heavy atom. The van der Waals surface area contributed by atoms with Gasteiger partial charge in [-0.05, 0) is 51.4 Å². The molecule has 406 valence electrons. The van der Waals surface area contributed by atoms with E-state index in [4.69, 9.17) is 18.5 Å². The molecule has 0 aromatic heterocycles. The van der Waals surface area contributed by atoms with Crippen LogP contribution >= 0.6 is 7.82 Å². The predicted octanol–water partition coefficient (Wildman–Crippen LogP) is 17.4. The van der Waals surface area contributed by atoms with Gasteiger partial charge in [0.15, 0.2) is 6.10 Å². The molecule has 0 rings (SSSR count). The van der Waals surface area contributed by atoms with Gasteiger partial charge in [0.1, 0.15) is 19.8 Å². The second-order valence-electron chi connectivity index (χ2n) is 21.0. The monoisotopic (exact) mass is 994 g/mol. The van der Waals surface area contributed by atoms with Crippen molar-refractivity contribution >= 4 is 19.8 Å². The van der Waals surface area contributed by atoms with Crippen LogP contribution in [0.15, 0.2) is 36.5 Å². The number of nitrogens with zero attached hydrogens (tertiary/aromatic N) is 1. The summed E-state index contributed by atoms with van der Waals surface area (Å²) in [5, 5.41) is 0. The Morgan fingerprint density at radius 1 is 0.449 bits per heavy atom. The van der Waals surface area contributed by atoms with Crippen molar-refractivity contribution in [2.45, 2.75) is 283 Å². The predicted molar refractivity (Wildman–Crippen MR) is 291 cm³/mol. The molecule has 0 spiro atoms. The lowest BCUT2D eigenvalue weighted by atomic mass is 10.0. The summed E-state index contributed by atoms with van der Waals surface area (Å²) in [4.78, 5) is 37.7. The van der Waals surface area contributed by atoms with E-state index < -0.39 is 26.5 Å². The van der Waals surface area contributed by atoms with Gasteiger partial charge in [-0.25, -0.2) is 0 Å². The van der Waals surface area contributed by atoms with Gasteiger partial charge >= 0.3 is 11.9 Å². The van der Waals surface area contributed by atoms with Gasteiger partial charge in [-0.2, -0.15) is 0 Å². The zero-order valence-corrected chi connectivity index (χ0v) is 46.9. The number of esters is 2. The summed E-state index contributed by atoms with van der Waals surface area (Å²) >= 11 is 0. The molecule has 0 saturated heterocycles. The standard InChI is InChI=1S/C59H112NO8P/c1-6-8-10-12-14-16-18-20-21-22-23-24-25-26-27-28-29-30-31-32-33-34-35-36-37-38-39-40-42-44-46-48-50-52-59(62)68-57(56-67-69(63,64)66-54-53-60(3,4)5)55-65-58(61)51-49-47-45-43-41-19-17-15-13-11-9-7-2/h18,20,22-23,25-26,57H,6-17,19,21,24,27-56H2,1-5H3/b20-18-,23-22-,26-25-. The van der Waals surface area contributed by atoms with Crippen LogP contribution in [0.4, 0.5) is 0 Å². The summed E-state index contributed by atoms with van der Waals surface area (Å²) < 4.78 is 34.1. The van der Waals surface area contributed by atoms with Gasteiger partial charge in [-0.3, -0.25) is 14.2 Å². The number of carbonyl (C=O) groups is 2. The molecule has 0 radical (unpaired) electrons. The third kappa shape index (κ3) is 55.4. The van der Waals surface area contributed by atoms with Crippen LogP contribution < -0.4 is 4.89 Å². The van der Waals surface area contributed by atoms with Crippen LogP contribution in [0, 0.1) is 0 Å². The highest BCUT2D eigenvalue weighted by Crippen LogP contribution is 2.38. The van der Waals surface area contributed by atoms with Gasteiger partial charge in [-0.15, -0.1) is 0 Å². The lowest BCUT2D eigenvalue weighted by molar-refractivity contribution is -0.870. The maximum absolute atomic E-state index is 12.8. The van der Waals surface area contributed by atoms with Crippen LogP contribution in [0.1, 0.15) is 277 Å². The first-order chi connectivity index (χ1) is 33.5. The first-order valence-electron chi connectivity index (χ1n) is 29.2. The number of unbranched alkanes of at least 4 members (excludes halogenated alkanes) is 34. The molecule has 0 aromatic rings. The summed E-state index contributed by atoms with van der Waals surface area (Å²) in [6.07, 6.45) is 62.0. The molecular formula is C59H112NO8P. The summed E-state index contributed by atoms with van der Waals surface area (Å²) in [5.74, 6) is -0.821. The zero-order chi connectivity index (χ0) is 50.6. The van der Waals surface area contributed by atoms with Crippen LogP contribution in [0.2, 0.25) is 0 Å². The molecule has 0 aliphatic rings. The fourth-order valence-corrected chi connectivity index (χ4v) is 9.10. The summed E-state index contributed by atoms with van der Waals surface area (Å²) in [6, 6.07) is 0. The molecule has 0 N–H and O–H groups in total. The van der Waals surface area contributed by atoms with Crippen molar-refractivity contribution in [3.8, 4) is 0 Å². The molecule has 10 heteroatoms. The Labute approximate surface area is 427 Å². The molecule has 0 saturated carbocycles. The molecular weight excluding hydrogens is 882 g/mol. The molecule has 0 bridgehead atoms. The minimum absolute atomic E-state index is 0.0282. The fraction of sp³-hybridized carbons (Fsp3) is 0.864. The second kappa shape index (κ2) is 51.1. The number of ether oxygens (including phenoxy) is 2. The molecule has 0 heterocycles. The fourth-order valence-electron chi connectivity index (χ4n) is 8.37. The van der Waals surface area contributed by atoms with E-state index in [1.54, 1.807) is 0 Å². The van der Waals surface area contributed by atoms with Crippen LogP contribution in [0.5, 0.6) is 0 Å². The maximum atomic E-state index is 12.8. The largest absolute Gasteiger partial charge is 0.756 e. The third-order valence-electron chi connectivity index (χ3n) is 12.9. The first-order valence-corrected chi connectivity index (χ1v) is 30.7. The molecule has 2 unspecified atom stereocenters. The van der Waals surface area contributed by atoms with Crippen molar-refractivity contribution in [3.63, 3.8) is 0 Å². The molecule has 0 fully saturated rings. The van der Waals surface area contributed by atoms with Gasteiger partial charge < -0.3 is 27.9 Å². The van der Waals surface area contributed by atoms with Crippen molar-refractivity contribution in [3.05, 3.63) is 36.5 Å². The smallest absolute Gasteiger partial charge is 0.306 e. The number of phosphoric acid groups is 1. The van der Waals surface area contributed by atoms with E-state index >= 15 is 0 Å². The Morgan fingerprint density at radius 3 is 1.16 bits per heavy atom. The van der Waals surface area contributed by atoms with E-state index in [1.165, 1.54) is 199 Å². The zero-order valence-electron chi connectivity index (χ0n) is 46.0. The number of allylic oxidation sites excluding steroid dienone is 6. The van der Waals surface area contributed by atoms with Gasteiger partial charge in [0, 0.05) is 12.8 Å². The van der Waals surface area contributed by atoms with Gasteiger partial charge in [0.2, 0.25) is 0 Å². The normalized spacial score (nSPS) is 13.5. The van der Waals surface area contributed by atoms with Gasteiger partial charge in [0.05, 0.1) is 27.7 Å². The number of rotatable bonds is 54. The molecule has 0 aromatic carbocycles. The number of phosphoric ester groups is 1. The Bertz CT molecular complexity index is 1260. The van der Waals surface area contributed by atoms with Crippen molar-refractivity contribution in [1.82, 2.24) is 0 Å². The van der Waals surface area contributed by atoms with E-state index in [0.717, 1.165) is 44.9 Å². The Balaban J connectivity index is 3.98. The third-order valence-corrected chi connectivity index (χ3v) is 13.9. The molecule has 2 atom stereocenters. The lowest BCUT2D eigenvalue weighted by Gasteiger charge is -2.28. The lowest BCUT2D eigenvalue weighted by Crippen LogP contribution is -2.37. The number of likely N-dealkylation sites (N-methyl/N-ethyl adjacent to an activating group) is 1. The topological polar surface area (TPSA) is 111 Å². The highest BCUT2D eigenvalue weighted by atomic mass is 31.2. The maximum Gasteiger partial charge on any atom is 0.306 e. The summed E-state index contributed by atoms with van der Waals surface area (Å²) in [6.45, 7) is 4.25. The van der Waals surface area contributed by atoms with E-state index in [0.29, 0.717) is 17.4 Å². The highest BCUT2D eigenvalue weighted by Gasteiger charge is 2.22. The van der Waals surface area contributed by atoms with Crippen molar-refractivity contribution in [1.29, 1.82) is 0 Å². The number of carbonyl (C=O) groups excluding carboxylic acids is 2. The molecule has 0 amide bonds. The van der Waals surface area contributed by atoms with E-state index in [9.17, 15) is 19.0 Å². The minimum atomic E-state index is -4.63. The van der Waals surface area contributed by atoms with Gasteiger partial charge in [-0.1, -0.05) is 249 Å². The summed E-state index contributed by atoms with van der Waals surface area (Å²) in [5.41, 5.74) is 0. The molecule has 0 aliphatic carbocycles. The molecule has 0 aliphatic heterocycles. The number of hydrogen-bond acceptors (Lipinski definition) is 8. The van der Waals surface area contributed by atoms with Crippen LogP contribution in [-0.4, -0.2) is 70.0 Å². The molecule has 69 heavy (non-hydrogen) atoms. The second-order valence-corrected chi connectivity index (χ2v) is 22.4. The summed E-state index contributed by atoms with van der Waals surface area (Å²) in [7, 11) is 1.18. The van der Waals surface area contributed by atoms with E-state index in [-0.39, 0.29) is 32.0 Å². The Kier molecular flexibility index (Phi) is 49.8. The first kappa shape index (κ1) is 67.2. The van der Waals surface area contributed by atoms with Crippen LogP contribution in [0.25, 0.3) is 0 Å². The van der Waals surface area contributed by atoms with Crippen LogP contribution in [-0.2, 0) is 32.7 Å². The quantitative estimate of drug-likeness (QED) is 0.0195. The minimum Gasteiger partial charge on any atom is -0.756 e. The van der Waals surface area contributed by atoms with Crippen molar-refractivity contribution < 1.29 is 42.1 Å².